The number of nitrogens with two attached hydrogens (primary N) is 1. The standard InChI is InChI=1S/C15H18IN3/c1-8(2)13-12(16)14(17)19-15(18-13)11-7-5-6-9(3)10(11)4/h5-8H,1-4H3,(H2,17,18,19). The minimum absolute atomic E-state index is 0.334. The molecule has 100 valence electrons. The molecule has 0 saturated heterocycles. The summed E-state index contributed by atoms with van der Waals surface area (Å²) in [7, 11) is 0. The van der Waals surface area contributed by atoms with Crippen molar-refractivity contribution in [2.45, 2.75) is 33.6 Å². The van der Waals surface area contributed by atoms with Crippen molar-refractivity contribution in [3.8, 4) is 11.4 Å². The first-order valence-electron chi connectivity index (χ1n) is 6.31. The van der Waals surface area contributed by atoms with Crippen LogP contribution in [0, 0.1) is 17.4 Å². The van der Waals surface area contributed by atoms with E-state index < -0.39 is 0 Å². The molecule has 0 bridgehead atoms. The molecule has 4 heteroatoms. The fourth-order valence-corrected chi connectivity index (χ4v) is 2.84. The Hall–Kier alpha value is -1.17. The topological polar surface area (TPSA) is 51.8 Å². The maximum atomic E-state index is 6.03. The average Bonchev–Trinajstić information content (AvgIpc) is 2.35. The lowest BCUT2D eigenvalue weighted by atomic mass is 10.0. The second-order valence-electron chi connectivity index (χ2n) is 5.03. The van der Waals surface area contributed by atoms with Gasteiger partial charge in [-0.25, -0.2) is 9.97 Å². The molecular weight excluding hydrogens is 349 g/mol. The largest absolute Gasteiger partial charge is 0.383 e. The molecule has 3 nitrogen and oxygen atoms in total. The predicted octanol–water partition coefficient (Wildman–Crippen LogP) is 4.07. The zero-order valence-corrected chi connectivity index (χ0v) is 13.8. The van der Waals surface area contributed by atoms with Crippen molar-refractivity contribution in [3.63, 3.8) is 0 Å². The van der Waals surface area contributed by atoms with Crippen LogP contribution in [0.25, 0.3) is 11.4 Å². The molecular formula is C15H18IN3. The van der Waals surface area contributed by atoms with E-state index in [0.717, 1.165) is 20.7 Å². The zero-order chi connectivity index (χ0) is 14.2. The highest BCUT2D eigenvalue weighted by Gasteiger charge is 2.15. The van der Waals surface area contributed by atoms with Gasteiger partial charge in [0.1, 0.15) is 5.82 Å². The van der Waals surface area contributed by atoms with Gasteiger partial charge in [-0.15, -0.1) is 0 Å². The van der Waals surface area contributed by atoms with Crippen LogP contribution in [0.1, 0.15) is 36.6 Å². The summed E-state index contributed by atoms with van der Waals surface area (Å²) in [6.07, 6.45) is 0. The van der Waals surface area contributed by atoms with E-state index in [1.54, 1.807) is 0 Å². The summed E-state index contributed by atoms with van der Waals surface area (Å²) in [6, 6.07) is 6.18. The minimum atomic E-state index is 0.334. The highest BCUT2D eigenvalue weighted by atomic mass is 127. The highest BCUT2D eigenvalue weighted by Crippen LogP contribution is 2.28. The minimum Gasteiger partial charge on any atom is -0.383 e. The zero-order valence-electron chi connectivity index (χ0n) is 11.7. The number of benzene rings is 1. The van der Waals surface area contributed by atoms with Gasteiger partial charge in [0.05, 0.1) is 9.26 Å². The van der Waals surface area contributed by atoms with Gasteiger partial charge in [0.2, 0.25) is 0 Å². The van der Waals surface area contributed by atoms with Gasteiger partial charge in [-0.05, 0) is 53.5 Å². The smallest absolute Gasteiger partial charge is 0.162 e. The fraction of sp³-hybridized carbons (Fsp3) is 0.333. The maximum absolute atomic E-state index is 6.03. The molecule has 2 aromatic rings. The van der Waals surface area contributed by atoms with Crippen LogP contribution in [0.15, 0.2) is 18.2 Å². The Morgan fingerprint density at radius 2 is 1.84 bits per heavy atom. The van der Waals surface area contributed by atoms with E-state index in [0.29, 0.717) is 11.7 Å². The van der Waals surface area contributed by atoms with Crippen LogP contribution >= 0.6 is 22.6 Å². The van der Waals surface area contributed by atoms with Crippen molar-refractivity contribution in [1.29, 1.82) is 0 Å². The van der Waals surface area contributed by atoms with Gasteiger partial charge < -0.3 is 5.73 Å². The number of rotatable bonds is 2. The normalized spacial score (nSPS) is 11.1. The SMILES string of the molecule is Cc1cccc(-c2nc(N)c(I)c(C(C)C)n2)c1C. The summed E-state index contributed by atoms with van der Waals surface area (Å²) in [5.41, 5.74) is 10.6. The van der Waals surface area contributed by atoms with Gasteiger partial charge in [0, 0.05) is 5.56 Å². The maximum Gasteiger partial charge on any atom is 0.162 e. The quantitative estimate of drug-likeness (QED) is 0.815. The number of aromatic nitrogens is 2. The van der Waals surface area contributed by atoms with Gasteiger partial charge in [-0.3, -0.25) is 0 Å². The van der Waals surface area contributed by atoms with Crippen LogP contribution in [0.2, 0.25) is 0 Å². The highest BCUT2D eigenvalue weighted by molar-refractivity contribution is 14.1. The fourth-order valence-electron chi connectivity index (χ4n) is 1.98. The third kappa shape index (κ3) is 2.73. The summed E-state index contributed by atoms with van der Waals surface area (Å²) in [5.74, 6) is 1.62. The second-order valence-corrected chi connectivity index (χ2v) is 6.11. The molecule has 0 saturated carbocycles. The number of nitrogens with zero attached hydrogens (tertiary/aromatic N) is 2. The molecule has 1 aromatic heterocycles. The summed E-state index contributed by atoms with van der Waals surface area (Å²) in [6.45, 7) is 8.43. The number of hydrogen-bond acceptors (Lipinski definition) is 3. The van der Waals surface area contributed by atoms with E-state index in [4.69, 9.17) is 10.7 Å². The molecule has 0 spiro atoms. The summed E-state index contributed by atoms with van der Waals surface area (Å²) in [5, 5.41) is 0. The Labute approximate surface area is 127 Å². The molecule has 0 amide bonds. The van der Waals surface area contributed by atoms with Crippen LogP contribution in [-0.4, -0.2) is 9.97 Å². The van der Waals surface area contributed by atoms with E-state index in [1.165, 1.54) is 11.1 Å². The van der Waals surface area contributed by atoms with E-state index in [-0.39, 0.29) is 0 Å². The Morgan fingerprint density at radius 1 is 1.16 bits per heavy atom. The third-order valence-electron chi connectivity index (χ3n) is 3.29. The second kappa shape index (κ2) is 5.45. The van der Waals surface area contributed by atoms with Gasteiger partial charge in [0.25, 0.3) is 0 Å². The molecule has 0 aliphatic heterocycles. The Bertz CT molecular complexity index is 621. The van der Waals surface area contributed by atoms with E-state index >= 15 is 0 Å². The van der Waals surface area contributed by atoms with Crippen molar-refractivity contribution in [3.05, 3.63) is 38.6 Å². The van der Waals surface area contributed by atoms with Crippen molar-refractivity contribution in [2.24, 2.45) is 0 Å². The first kappa shape index (κ1) is 14.2. The van der Waals surface area contributed by atoms with Crippen LogP contribution in [0.4, 0.5) is 5.82 Å². The van der Waals surface area contributed by atoms with Crippen molar-refractivity contribution in [2.75, 3.05) is 5.73 Å². The first-order chi connectivity index (χ1) is 8.91. The number of anilines is 1. The van der Waals surface area contributed by atoms with Gasteiger partial charge >= 0.3 is 0 Å². The molecule has 19 heavy (non-hydrogen) atoms. The molecule has 2 N–H and O–H groups in total. The summed E-state index contributed by atoms with van der Waals surface area (Å²) in [4.78, 5) is 9.15. The van der Waals surface area contributed by atoms with E-state index in [1.807, 2.05) is 12.1 Å². The molecule has 1 heterocycles. The molecule has 0 fully saturated rings. The molecule has 1 aromatic carbocycles. The van der Waals surface area contributed by atoms with Crippen LogP contribution in [0.5, 0.6) is 0 Å². The third-order valence-corrected chi connectivity index (χ3v) is 4.40. The molecule has 0 aliphatic carbocycles. The Balaban J connectivity index is 2.67. The van der Waals surface area contributed by atoms with Crippen molar-refractivity contribution in [1.82, 2.24) is 9.97 Å². The monoisotopic (exact) mass is 367 g/mol. The average molecular weight is 367 g/mol. The summed E-state index contributed by atoms with van der Waals surface area (Å²) >= 11 is 2.22. The van der Waals surface area contributed by atoms with E-state index in [2.05, 4.69) is 61.3 Å². The molecule has 0 atom stereocenters. The molecule has 0 unspecified atom stereocenters. The number of nitrogen functional groups attached to an aromatic ring is 1. The van der Waals surface area contributed by atoms with Crippen molar-refractivity contribution >= 4 is 28.4 Å². The number of aryl methyl sites for hydroxylation is 1. The molecule has 2 rings (SSSR count). The summed E-state index contributed by atoms with van der Waals surface area (Å²) < 4.78 is 0.960. The van der Waals surface area contributed by atoms with E-state index in [9.17, 15) is 0 Å². The van der Waals surface area contributed by atoms with Crippen LogP contribution in [0.3, 0.4) is 0 Å². The Morgan fingerprint density at radius 3 is 2.47 bits per heavy atom. The lowest BCUT2D eigenvalue weighted by Gasteiger charge is -2.13. The van der Waals surface area contributed by atoms with Crippen molar-refractivity contribution < 1.29 is 0 Å². The predicted molar refractivity (Wildman–Crippen MR) is 88.2 cm³/mol. The number of hydrogen-bond donors (Lipinski definition) is 1. The van der Waals surface area contributed by atoms with Crippen LogP contribution < -0.4 is 5.73 Å². The van der Waals surface area contributed by atoms with Gasteiger partial charge in [0.15, 0.2) is 5.82 Å². The van der Waals surface area contributed by atoms with Crippen LogP contribution in [-0.2, 0) is 0 Å². The number of halogens is 1. The lowest BCUT2D eigenvalue weighted by Crippen LogP contribution is -2.07. The molecule has 0 aliphatic rings. The Kier molecular flexibility index (Phi) is 4.08. The molecule has 0 radical (unpaired) electrons. The van der Waals surface area contributed by atoms with Gasteiger partial charge in [-0.2, -0.15) is 0 Å². The first-order valence-corrected chi connectivity index (χ1v) is 7.39. The lowest BCUT2D eigenvalue weighted by molar-refractivity contribution is 0.810. The van der Waals surface area contributed by atoms with Gasteiger partial charge in [-0.1, -0.05) is 32.0 Å².